The van der Waals surface area contributed by atoms with Crippen LogP contribution in [0.5, 0.6) is 11.5 Å². The van der Waals surface area contributed by atoms with Crippen molar-refractivity contribution < 1.29 is 34.4 Å². The Balaban J connectivity index is 0.000000370. The average molecular weight is 390 g/mol. The predicted octanol–water partition coefficient (Wildman–Crippen LogP) is 2.19. The molecule has 0 saturated heterocycles. The highest BCUT2D eigenvalue weighted by Crippen LogP contribution is 2.31. The van der Waals surface area contributed by atoms with E-state index in [9.17, 15) is 9.59 Å². The molecule has 0 heterocycles. The minimum atomic E-state index is -1.39. The number of aliphatic hydroxyl groups excluding tert-OH is 2. The monoisotopic (exact) mass is 390 g/mol. The molecular formula is C21H26O7. The average Bonchev–Trinajstić information content (AvgIpc) is 2.73. The second kappa shape index (κ2) is 11.1. The van der Waals surface area contributed by atoms with E-state index in [1.165, 1.54) is 6.92 Å². The van der Waals surface area contributed by atoms with Crippen LogP contribution in [0.25, 0.3) is 0 Å². The van der Waals surface area contributed by atoms with Gasteiger partial charge in [0.1, 0.15) is 5.41 Å². The van der Waals surface area contributed by atoms with Gasteiger partial charge in [-0.25, -0.2) is 0 Å². The molecule has 0 fully saturated rings. The molecule has 152 valence electrons. The molecule has 0 saturated carbocycles. The highest BCUT2D eigenvalue weighted by atomic mass is 16.5. The Morgan fingerprint density at radius 1 is 0.929 bits per heavy atom. The molecule has 7 heteroatoms. The van der Waals surface area contributed by atoms with Gasteiger partial charge in [-0.1, -0.05) is 42.5 Å². The van der Waals surface area contributed by atoms with Crippen molar-refractivity contribution in [1.29, 1.82) is 0 Å². The van der Waals surface area contributed by atoms with Crippen molar-refractivity contribution in [3.05, 3.63) is 59.7 Å². The van der Waals surface area contributed by atoms with Crippen LogP contribution < -0.4 is 9.47 Å². The van der Waals surface area contributed by atoms with Gasteiger partial charge in [0.2, 0.25) is 0 Å². The summed E-state index contributed by atoms with van der Waals surface area (Å²) in [6.45, 7) is 0.187. The first-order chi connectivity index (χ1) is 13.3. The summed E-state index contributed by atoms with van der Waals surface area (Å²) in [5.41, 5.74) is 0.142. The number of ketones is 1. The number of aliphatic hydroxyl groups is 2. The number of hydrogen-bond acceptors (Lipinski definition) is 6. The van der Waals surface area contributed by atoms with Gasteiger partial charge in [-0.3, -0.25) is 9.59 Å². The quantitative estimate of drug-likeness (QED) is 0.592. The Labute approximate surface area is 164 Å². The zero-order valence-corrected chi connectivity index (χ0v) is 16.2. The molecule has 0 aliphatic carbocycles. The predicted molar refractivity (Wildman–Crippen MR) is 104 cm³/mol. The second-order valence-electron chi connectivity index (χ2n) is 6.30. The van der Waals surface area contributed by atoms with Gasteiger partial charge in [0, 0.05) is 17.5 Å². The van der Waals surface area contributed by atoms with Crippen LogP contribution in [0.4, 0.5) is 0 Å². The maximum absolute atomic E-state index is 12.2. The standard InChI is InChI=1S/C16H16O3.C5H10O4/c1-18-15-10-6-9-13(16(15)19-2)11-14(17)12-7-4-3-5-8-12;1-5(2-6,3-7)4(8)9/h3-10H,11H2,1-2H3;6-7H,2-3H2,1H3,(H,8,9). The Hall–Kier alpha value is -2.90. The summed E-state index contributed by atoms with van der Waals surface area (Å²) >= 11 is 0. The largest absolute Gasteiger partial charge is 0.493 e. The molecule has 0 atom stereocenters. The summed E-state index contributed by atoms with van der Waals surface area (Å²) < 4.78 is 10.6. The molecule has 0 aromatic heterocycles. The van der Waals surface area contributed by atoms with Crippen LogP contribution in [-0.4, -0.2) is 54.5 Å². The number of para-hydroxylation sites is 1. The number of carbonyl (C=O) groups excluding carboxylic acids is 1. The van der Waals surface area contributed by atoms with Crippen molar-refractivity contribution in [2.75, 3.05) is 27.4 Å². The first-order valence-corrected chi connectivity index (χ1v) is 8.56. The van der Waals surface area contributed by atoms with E-state index in [0.717, 1.165) is 5.56 Å². The number of ether oxygens (including phenoxy) is 2. The highest BCUT2D eigenvalue weighted by molar-refractivity contribution is 5.97. The minimum absolute atomic E-state index is 0.0622. The molecule has 0 aliphatic heterocycles. The van der Waals surface area contributed by atoms with Gasteiger partial charge < -0.3 is 24.8 Å². The van der Waals surface area contributed by atoms with Gasteiger partial charge in [0.25, 0.3) is 0 Å². The first-order valence-electron chi connectivity index (χ1n) is 8.56. The van der Waals surface area contributed by atoms with E-state index in [0.29, 0.717) is 23.5 Å². The van der Waals surface area contributed by atoms with E-state index in [1.54, 1.807) is 14.2 Å². The van der Waals surface area contributed by atoms with Gasteiger partial charge in [-0.05, 0) is 13.0 Å². The summed E-state index contributed by atoms with van der Waals surface area (Å²) in [6, 6.07) is 14.8. The number of Topliss-reactive ketones (excluding diaryl/α,β-unsaturated/α-hetero) is 1. The number of carbonyl (C=O) groups is 2. The van der Waals surface area contributed by atoms with Crippen LogP contribution in [-0.2, 0) is 11.2 Å². The molecule has 0 aliphatic rings. The SMILES string of the molecule is CC(CO)(CO)C(=O)O.COc1cccc(CC(=O)c2ccccc2)c1OC. The number of hydrogen-bond donors (Lipinski definition) is 3. The summed E-state index contributed by atoms with van der Waals surface area (Å²) in [5.74, 6) is 0.134. The third-order valence-corrected chi connectivity index (χ3v) is 4.15. The fourth-order valence-electron chi connectivity index (χ4n) is 2.18. The highest BCUT2D eigenvalue weighted by Gasteiger charge is 2.31. The minimum Gasteiger partial charge on any atom is -0.493 e. The van der Waals surface area contributed by atoms with Crippen molar-refractivity contribution >= 4 is 11.8 Å². The van der Waals surface area contributed by atoms with Crippen molar-refractivity contribution in [3.63, 3.8) is 0 Å². The topological polar surface area (TPSA) is 113 Å². The number of carboxylic acids is 1. The number of carboxylic acid groups (broad SMARTS) is 1. The Kier molecular flexibility index (Phi) is 9.14. The molecule has 0 unspecified atom stereocenters. The molecular weight excluding hydrogens is 364 g/mol. The molecule has 7 nitrogen and oxygen atoms in total. The summed E-state index contributed by atoms with van der Waals surface area (Å²) in [7, 11) is 3.16. The molecule has 0 amide bonds. The molecule has 2 aromatic carbocycles. The van der Waals surface area contributed by atoms with E-state index in [2.05, 4.69) is 0 Å². The van der Waals surface area contributed by atoms with Gasteiger partial charge in [0.05, 0.1) is 27.4 Å². The van der Waals surface area contributed by atoms with Crippen molar-refractivity contribution in [1.82, 2.24) is 0 Å². The third-order valence-electron chi connectivity index (χ3n) is 4.15. The number of aliphatic carboxylic acids is 1. The zero-order valence-electron chi connectivity index (χ0n) is 16.2. The summed E-state index contributed by atoms with van der Waals surface area (Å²) in [6.07, 6.45) is 0.296. The van der Waals surface area contributed by atoms with Crippen LogP contribution >= 0.6 is 0 Å². The lowest BCUT2D eigenvalue weighted by Gasteiger charge is -2.17. The van der Waals surface area contributed by atoms with Crippen molar-refractivity contribution in [2.45, 2.75) is 13.3 Å². The summed E-state index contributed by atoms with van der Waals surface area (Å²) in [5, 5.41) is 25.1. The van der Waals surface area contributed by atoms with Gasteiger partial charge in [0.15, 0.2) is 17.3 Å². The zero-order chi connectivity index (χ0) is 21.2. The number of rotatable bonds is 8. The molecule has 2 aromatic rings. The fraction of sp³-hybridized carbons (Fsp3) is 0.333. The molecule has 2 rings (SSSR count). The molecule has 3 N–H and O–H groups in total. The van der Waals surface area contributed by atoms with E-state index in [-0.39, 0.29) is 5.78 Å². The summed E-state index contributed by atoms with van der Waals surface area (Å²) in [4.78, 5) is 22.3. The number of benzene rings is 2. The lowest BCUT2D eigenvalue weighted by atomic mass is 9.94. The van der Waals surface area contributed by atoms with E-state index >= 15 is 0 Å². The molecule has 0 spiro atoms. The second-order valence-corrected chi connectivity index (χ2v) is 6.30. The fourth-order valence-corrected chi connectivity index (χ4v) is 2.18. The normalized spacial score (nSPS) is 10.5. The smallest absolute Gasteiger partial charge is 0.314 e. The van der Waals surface area contributed by atoms with E-state index < -0.39 is 24.6 Å². The van der Waals surface area contributed by atoms with Gasteiger partial charge in [-0.2, -0.15) is 0 Å². The maximum atomic E-state index is 12.2. The van der Waals surface area contributed by atoms with Crippen LogP contribution in [0.1, 0.15) is 22.8 Å². The Morgan fingerprint density at radius 2 is 1.54 bits per heavy atom. The first kappa shape index (κ1) is 23.1. The molecule has 0 radical (unpaired) electrons. The Bertz CT molecular complexity index is 768. The van der Waals surface area contributed by atoms with Gasteiger partial charge in [-0.15, -0.1) is 0 Å². The van der Waals surface area contributed by atoms with Crippen LogP contribution in [0.2, 0.25) is 0 Å². The third kappa shape index (κ3) is 6.07. The van der Waals surface area contributed by atoms with Crippen molar-refractivity contribution in [2.24, 2.45) is 5.41 Å². The lowest BCUT2D eigenvalue weighted by Crippen LogP contribution is -2.35. The Morgan fingerprint density at radius 3 is 1.96 bits per heavy atom. The van der Waals surface area contributed by atoms with E-state index in [1.807, 2.05) is 48.5 Å². The lowest BCUT2D eigenvalue weighted by molar-refractivity contribution is -0.152. The molecule has 28 heavy (non-hydrogen) atoms. The van der Waals surface area contributed by atoms with Gasteiger partial charge >= 0.3 is 5.97 Å². The molecule has 0 bridgehead atoms. The van der Waals surface area contributed by atoms with Crippen LogP contribution in [0.15, 0.2) is 48.5 Å². The van der Waals surface area contributed by atoms with Crippen molar-refractivity contribution in [3.8, 4) is 11.5 Å². The van der Waals surface area contributed by atoms with Crippen LogP contribution in [0, 0.1) is 5.41 Å². The van der Waals surface area contributed by atoms with E-state index in [4.69, 9.17) is 24.8 Å². The number of methoxy groups -OCH3 is 2. The van der Waals surface area contributed by atoms with Crippen LogP contribution in [0.3, 0.4) is 0 Å². The maximum Gasteiger partial charge on any atom is 0.314 e.